The third-order valence-electron chi connectivity index (χ3n) is 3.53. The van der Waals surface area contributed by atoms with Crippen molar-refractivity contribution in [3.05, 3.63) is 26.7 Å². The summed E-state index contributed by atoms with van der Waals surface area (Å²) in [6.45, 7) is 1.56. The zero-order valence-electron chi connectivity index (χ0n) is 12.3. The average molecular weight is 446 g/mol. The molecule has 1 fully saturated rings. The molecule has 1 aromatic carbocycles. The van der Waals surface area contributed by atoms with Crippen LogP contribution in [-0.4, -0.2) is 63.4 Å². The molecule has 0 aromatic heterocycles. The molecule has 0 spiro atoms. The van der Waals surface area contributed by atoms with E-state index in [1.807, 2.05) is 4.90 Å². The van der Waals surface area contributed by atoms with E-state index >= 15 is 0 Å². The van der Waals surface area contributed by atoms with Crippen molar-refractivity contribution in [1.29, 1.82) is 0 Å². The van der Waals surface area contributed by atoms with Crippen LogP contribution in [-0.2, 0) is 19.6 Å². The SMILES string of the molecule is COC(=O)CN1CCN(S(=O)(=O)c2ccc(Br)c(Cl)c2Cl)CC1. The Morgan fingerprint density at radius 2 is 1.83 bits per heavy atom. The molecule has 0 aliphatic carbocycles. The van der Waals surface area contributed by atoms with E-state index in [4.69, 9.17) is 23.2 Å². The minimum absolute atomic E-state index is 0.00182. The number of piperazine rings is 1. The second-order valence-electron chi connectivity index (χ2n) is 4.93. The Hall–Kier alpha value is -0.380. The predicted molar refractivity (Wildman–Crippen MR) is 91.4 cm³/mol. The molecule has 6 nitrogen and oxygen atoms in total. The number of rotatable bonds is 4. The number of nitrogens with zero attached hydrogens (tertiary/aromatic N) is 2. The first-order chi connectivity index (χ1) is 10.8. The number of carbonyl (C=O) groups excluding carboxylic acids is 1. The van der Waals surface area contributed by atoms with Gasteiger partial charge in [-0.15, -0.1) is 0 Å². The Balaban J connectivity index is 2.14. The summed E-state index contributed by atoms with van der Waals surface area (Å²) in [6.07, 6.45) is 0. The van der Waals surface area contributed by atoms with E-state index in [1.54, 1.807) is 6.07 Å². The normalized spacial score (nSPS) is 17.2. The molecule has 10 heteroatoms. The molecular weight excluding hydrogens is 431 g/mol. The van der Waals surface area contributed by atoms with E-state index in [9.17, 15) is 13.2 Å². The van der Waals surface area contributed by atoms with E-state index in [-0.39, 0.29) is 40.5 Å². The third kappa shape index (κ3) is 4.18. The minimum Gasteiger partial charge on any atom is -0.468 e. The maximum Gasteiger partial charge on any atom is 0.319 e. The zero-order valence-corrected chi connectivity index (χ0v) is 16.2. The highest BCUT2D eigenvalue weighted by atomic mass is 79.9. The molecule has 0 N–H and O–H groups in total. The summed E-state index contributed by atoms with van der Waals surface area (Å²) in [4.78, 5) is 13.1. The third-order valence-corrected chi connectivity index (χ3v) is 7.35. The van der Waals surface area contributed by atoms with Gasteiger partial charge in [-0.05, 0) is 28.1 Å². The fourth-order valence-corrected chi connectivity index (χ4v) is 4.84. The quantitative estimate of drug-likeness (QED) is 0.525. The molecule has 1 aliphatic rings. The van der Waals surface area contributed by atoms with Crippen molar-refractivity contribution in [3.8, 4) is 0 Å². The van der Waals surface area contributed by atoms with Crippen LogP contribution in [0.4, 0.5) is 0 Å². The number of hydrogen-bond donors (Lipinski definition) is 0. The highest BCUT2D eigenvalue weighted by Gasteiger charge is 2.31. The van der Waals surface area contributed by atoms with Gasteiger partial charge in [0.05, 0.1) is 23.7 Å². The van der Waals surface area contributed by atoms with Crippen LogP contribution in [0.15, 0.2) is 21.5 Å². The van der Waals surface area contributed by atoms with Crippen molar-refractivity contribution in [3.63, 3.8) is 0 Å². The molecular formula is C13H15BrCl2N2O4S. The predicted octanol–water partition coefficient (Wildman–Crippen LogP) is 2.24. The number of benzene rings is 1. The van der Waals surface area contributed by atoms with Crippen molar-refractivity contribution >= 4 is 55.1 Å². The van der Waals surface area contributed by atoms with E-state index in [0.717, 1.165) is 0 Å². The van der Waals surface area contributed by atoms with Crippen LogP contribution in [0.25, 0.3) is 0 Å². The lowest BCUT2D eigenvalue weighted by Gasteiger charge is -2.33. The van der Waals surface area contributed by atoms with Crippen LogP contribution in [0.2, 0.25) is 10.0 Å². The monoisotopic (exact) mass is 444 g/mol. The molecule has 0 amide bonds. The van der Waals surface area contributed by atoms with Crippen LogP contribution in [0.1, 0.15) is 0 Å². The summed E-state index contributed by atoms with van der Waals surface area (Å²) in [5.41, 5.74) is 0. The van der Waals surface area contributed by atoms with Gasteiger partial charge in [-0.2, -0.15) is 4.31 Å². The first-order valence-electron chi connectivity index (χ1n) is 6.70. The van der Waals surface area contributed by atoms with E-state index in [2.05, 4.69) is 20.7 Å². The summed E-state index contributed by atoms with van der Waals surface area (Å²) in [6, 6.07) is 2.98. The van der Waals surface area contributed by atoms with Gasteiger partial charge in [-0.1, -0.05) is 23.2 Å². The van der Waals surface area contributed by atoms with Crippen LogP contribution < -0.4 is 0 Å². The Morgan fingerprint density at radius 3 is 2.39 bits per heavy atom. The van der Waals surface area contributed by atoms with Crippen LogP contribution in [0.5, 0.6) is 0 Å². The molecule has 2 rings (SSSR count). The number of ether oxygens (including phenoxy) is 1. The summed E-state index contributed by atoms with van der Waals surface area (Å²) >= 11 is 15.3. The van der Waals surface area contributed by atoms with Gasteiger partial charge in [0.1, 0.15) is 4.90 Å². The van der Waals surface area contributed by atoms with E-state index < -0.39 is 10.0 Å². The van der Waals surface area contributed by atoms with Crippen molar-refractivity contribution < 1.29 is 17.9 Å². The van der Waals surface area contributed by atoms with Crippen molar-refractivity contribution in [2.75, 3.05) is 39.8 Å². The topological polar surface area (TPSA) is 66.9 Å². The smallest absolute Gasteiger partial charge is 0.319 e. The molecule has 0 radical (unpaired) electrons. The molecule has 1 aromatic rings. The fraction of sp³-hybridized carbons (Fsp3) is 0.462. The van der Waals surface area contributed by atoms with Crippen LogP contribution >= 0.6 is 39.1 Å². The van der Waals surface area contributed by atoms with Gasteiger partial charge in [0, 0.05) is 30.7 Å². The summed E-state index contributed by atoms with van der Waals surface area (Å²) in [5, 5.41) is 0.162. The highest BCUT2D eigenvalue weighted by Crippen LogP contribution is 2.36. The molecule has 128 valence electrons. The number of hydrogen-bond acceptors (Lipinski definition) is 5. The van der Waals surface area contributed by atoms with Gasteiger partial charge in [0.15, 0.2) is 0 Å². The lowest BCUT2D eigenvalue weighted by Crippen LogP contribution is -2.49. The number of sulfonamides is 1. The number of esters is 1. The highest BCUT2D eigenvalue weighted by molar-refractivity contribution is 9.10. The average Bonchev–Trinajstić information content (AvgIpc) is 2.52. The Labute approximate surface area is 153 Å². The lowest BCUT2D eigenvalue weighted by atomic mass is 10.3. The molecule has 0 atom stereocenters. The first kappa shape index (κ1) is 19.0. The van der Waals surface area contributed by atoms with Crippen molar-refractivity contribution in [2.45, 2.75) is 4.90 Å². The maximum absolute atomic E-state index is 12.7. The van der Waals surface area contributed by atoms with Gasteiger partial charge in [-0.25, -0.2) is 8.42 Å². The lowest BCUT2D eigenvalue weighted by molar-refractivity contribution is -0.142. The standard InChI is InChI=1S/C13H15BrCl2N2O4S/c1-22-11(19)8-17-4-6-18(7-5-17)23(20,21)10-3-2-9(14)12(15)13(10)16/h2-3H,4-8H2,1H3. The van der Waals surface area contributed by atoms with Crippen LogP contribution in [0.3, 0.4) is 0 Å². The molecule has 0 bridgehead atoms. The second-order valence-corrected chi connectivity index (χ2v) is 8.45. The van der Waals surface area contributed by atoms with E-state index in [0.29, 0.717) is 17.6 Å². The summed E-state index contributed by atoms with van der Waals surface area (Å²) in [7, 11) is -2.41. The molecule has 0 saturated carbocycles. The molecule has 1 heterocycles. The van der Waals surface area contributed by atoms with E-state index in [1.165, 1.54) is 17.5 Å². The van der Waals surface area contributed by atoms with Gasteiger partial charge >= 0.3 is 5.97 Å². The second kappa shape index (κ2) is 7.67. The molecule has 0 unspecified atom stereocenters. The number of methoxy groups -OCH3 is 1. The number of halogens is 3. The minimum atomic E-state index is -3.74. The van der Waals surface area contributed by atoms with Crippen molar-refractivity contribution in [1.82, 2.24) is 9.21 Å². The van der Waals surface area contributed by atoms with Crippen LogP contribution in [0, 0.1) is 0 Å². The Morgan fingerprint density at radius 1 is 1.22 bits per heavy atom. The maximum atomic E-state index is 12.7. The molecule has 1 saturated heterocycles. The Kier molecular flexibility index (Phi) is 6.32. The Bertz CT molecular complexity index is 706. The van der Waals surface area contributed by atoms with Crippen molar-refractivity contribution in [2.24, 2.45) is 0 Å². The molecule has 23 heavy (non-hydrogen) atoms. The fourth-order valence-electron chi connectivity index (χ4n) is 2.22. The van der Waals surface area contributed by atoms with Gasteiger partial charge in [0.25, 0.3) is 0 Å². The largest absolute Gasteiger partial charge is 0.468 e. The zero-order chi connectivity index (χ0) is 17.2. The number of carbonyl (C=O) groups is 1. The summed E-state index contributed by atoms with van der Waals surface area (Å²) < 4.78 is 31.9. The van der Waals surface area contributed by atoms with Gasteiger partial charge in [-0.3, -0.25) is 9.69 Å². The van der Waals surface area contributed by atoms with Gasteiger partial charge < -0.3 is 4.74 Å². The van der Waals surface area contributed by atoms with Gasteiger partial charge in [0.2, 0.25) is 10.0 Å². The first-order valence-corrected chi connectivity index (χ1v) is 9.69. The molecule has 1 aliphatic heterocycles. The summed E-state index contributed by atoms with van der Waals surface area (Å²) in [5.74, 6) is -0.343.